The van der Waals surface area contributed by atoms with Crippen LogP contribution in [0, 0.1) is 0 Å². The van der Waals surface area contributed by atoms with Gasteiger partial charge in [-0.1, -0.05) is 45.4 Å². The first-order valence-corrected chi connectivity index (χ1v) is 14.7. The van der Waals surface area contributed by atoms with Crippen LogP contribution in [0.5, 0.6) is 5.75 Å². The van der Waals surface area contributed by atoms with Crippen molar-refractivity contribution in [2.24, 2.45) is 0 Å². The van der Waals surface area contributed by atoms with Gasteiger partial charge in [0.1, 0.15) is 12.4 Å². The summed E-state index contributed by atoms with van der Waals surface area (Å²) in [4.78, 5) is 8.87. The van der Waals surface area contributed by atoms with E-state index in [9.17, 15) is 48.3 Å². The number of unbranched alkanes of at least 4 members (excludes halogenated alkanes) is 8. The fourth-order valence-corrected chi connectivity index (χ4v) is 4.19. The van der Waals surface area contributed by atoms with E-state index in [1.54, 1.807) is 24.3 Å². The second-order valence-corrected chi connectivity index (χ2v) is 10.7. The standard InChI is InChI=1S/C30H37F11N2O2/c1-2-3-4-5-6-9-12-22-19-42-25(43-20-22)23-13-15-24(16-14-23)45-18-11-8-7-10-17-44-21-26(31,32)27(33,34)28(35,36)29(37,38)30(39,40)41/h13-16,19-20H,2-12,17-18,21H2,1H3. The van der Waals surface area contributed by atoms with Crippen molar-refractivity contribution in [1.82, 2.24) is 9.97 Å². The van der Waals surface area contributed by atoms with Crippen LogP contribution in [0.1, 0.15) is 76.7 Å². The number of rotatable bonds is 21. The number of hydrogen-bond acceptors (Lipinski definition) is 4. The number of ether oxygens (including phenoxy) is 2. The average Bonchev–Trinajstić information content (AvgIpc) is 2.98. The fraction of sp³-hybridized carbons (Fsp3) is 0.667. The van der Waals surface area contributed by atoms with Gasteiger partial charge < -0.3 is 9.47 Å². The molecule has 0 bridgehead atoms. The minimum absolute atomic E-state index is 0.00318. The van der Waals surface area contributed by atoms with E-state index in [1.165, 1.54) is 32.1 Å². The summed E-state index contributed by atoms with van der Waals surface area (Å²) >= 11 is 0. The van der Waals surface area contributed by atoms with E-state index < -0.39 is 43.1 Å². The molecule has 15 heteroatoms. The zero-order valence-corrected chi connectivity index (χ0v) is 24.7. The highest BCUT2D eigenvalue weighted by atomic mass is 19.4. The van der Waals surface area contributed by atoms with Crippen LogP contribution in [0.3, 0.4) is 0 Å². The van der Waals surface area contributed by atoms with Crippen LogP contribution >= 0.6 is 0 Å². The van der Waals surface area contributed by atoms with Crippen LogP contribution < -0.4 is 4.74 Å². The number of halogens is 11. The molecule has 0 N–H and O–H groups in total. The third-order valence-corrected chi connectivity index (χ3v) is 6.98. The Morgan fingerprint density at radius 2 is 1.13 bits per heavy atom. The zero-order valence-electron chi connectivity index (χ0n) is 24.7. The van der Waals surface area contributed by atoms with Crippen LogP contribution in [-0.4, -0.2) is 59.7 Å². The second-order valence-electron chi connectivity index (χ2n) is 10.7. The van der Waals surface area contributed by atoms with Crippen molar-refractivity contribution < 1.29 is 57.8 Å². The number of hydrogen-bond donors (Lipinski definition) is 0. The molecule has 1 heterocycles. The second kappa shape index (κ2) is 16.7. The monoisotopic (exact) mass is 666 g/mol. The van der Waals surface area contributed by atoms with Crippen molar-refractivity contribution in [1.29, 1.82) is 0 Å². The number of aryl methyl sites for hydroxylation is 1. The molecule has 0 unspecified atom stereocenters. The zero-order chi connectivity index (χ0) is 33.8. The third-order valence-electron chi connectivity index (χ3n) is 6.98. The molecule has 0 aliphatic carbocycles. The molecule has 1 aromatic heterocycles. The van der Waals surface area contributed by atoms with Crippen LogP contribution in [0.4, 0.5) is 48.3 Å². The van der Waals surface area contributed by atoms with Crippen molar-refractivity contribution in [3.8, 4) is 17.1 Å². The lowest BCUT2D eigenvalue weighted by Gasteiger charge is -2.37. The summed E-state index contributed by atoms with van der Waals surface area (Å²) in [5.74, 6) is -26.7. The van der Waals surface area contributed by atoms with E-state index >= 15 is 0 Å². The summed E-state index contributed by atoms with van der Waals surface area (Å²) < 4.78 is 153. The molecule has 0 saturated heterocycles. The molecule has 2 rings (SSSR count). The van der Waals surface area contributed by atoms with Crippen molar-refractivity contribution in [2.45, 2.75) is 107 Å². The summed E-state index contributed by atoms with van der Waals surface area (Å²) in [5.41, 5.74) is 1.88. The van der Waals surface area contributed by atoms with Crippen LogP contribution in [0.25, 0.3) is 11.4 Å². The Morgan fingerprint density at radius 1 is 0.600 bits per heavy atom. The Morgan fingerprint density at radius 3 is 1.71 bits per heavy atom. The summed E-state index contributed by atoms with van der Waals surface area (Å²) in [6.07, 6.45) is 5.93. The molecule has 0 saturated carbocycles. The minimum atomic E-state index is -7.42. The molecule has 0 aliphatic rings. The maximum Gasteiger partial charge on any atom is 0.460 e. The molecule has 0 spiro atoms. The Balaban J connectivity index is 1.65. The molecular weight excluding hydrogens is 629 g/mol. The first-order valence-electron chi connectivity index (χ1n) is 14.7. The quantitative estimate of drug-likeness (QED) is 0.0983. The topological polar surface area (TPSA) is 44.2 Å². The van der Waals surface area contributed by atoms with E-state index in [4.69, 9.17) is 4.74 Å². The van der Waals surface area contributed by atoms with Gasteiger partial charge in [-0.15, -0.1) is 0 Å². The molecule has 4 nitrogen and oxygen atoms in total. The van der Waals surface area contributed by atoms with Gasteiger partial charge in [0.2, 0.25) is 0 Å². The molecule has 2 aromatic rings. The summed E-state index contributed by atoms with van der Waals surface area (Å²) in [7, 11) is 0. The number of alkyl halides is 11. The molecule has 0 amide bonds. The maximum atomic E-state index is 13.6. The fourth-order valence-electron chi connectivity index (χ4n) is 4.19. The van der Waals surface area contributed by atoms with Crippen LogP contribution in [0.2, 0.25) is 0 Å². The first kappa shape index (κ1) is 38.5. The lowest BCUT2D eigenvalue weighted by atomic mass is 9.98. The van der Waals surface area contributed by atoms with Gasteiger partial charge >= 0.3 is 29.9 Å². The Bertz CT molecular complexity index is 1130. The van der Waals surface area contributed by atoms with Crippen LogP contribution in [-0.2, 0) is 11.2 Å². The van der Waals surface area contributed by atoms with Gasteiger partial charge in [-0.05, 0) is 61.9 Å². The SMILES string of the molecule is CCCCCCCCc1cnc(-c2ccc(OCCCCCCOCC(F)(F)C(F)(F)C(F)(F)C(F)(F)C(F)(F)F)cc2)nc1. The van der Waals surface area contributed by atoms with E-state index in [-0.39, 0.29) is 13.0 Å². The van der Waals surface area contributed by atoms with Gasteiger partial charge in [-0.2, -0.15) is 48.3 Å². The lowest BCUT2D eigenvalue weighted by molar-refractivity contribution is -0.424. The van der Waals surface area contributed by atoms with Gasteiger partial charge in [-0.3, -0.25) is 0 Å². The predicted octanol–water partition coefficient (Wildman–Crippen LogP) is 10.1. The first-order chi connectivity index (χ1) is 21.0. The van der Waals surface area contributed by atoms with Gasteiger partial charge in [0.25, 0.3) is 0 Å². The summed E-state index contributed by atoms with van der Waals surface area (Å²) in [6, 6.07) is 7.07. The van der Waals surface area contributed by atoms with E-state index in [1.807, 2.05) is 12.4 Å². The summed E-state index contributed by atoms with van der Waals surface area (Å²) in [5, 5.41) is 0. The minimum Gasteiger partial charge on any atom is -0.494 e. The number of nitrogens with zero attached hydrogens (tertiary/aromatic N) is 2. The smallest absolute Gasteiger partial charge is 0.460 e. The molecule has 0 atom stereocenters. The molecule has 0 fully saturated rings. The molecule has 0 aliphatic heterocycles. The lowest BCUT2D eigenvalue weighted by Crippen LogP contribution is -2.67. The highest BCUT2D eigenvalue weighted by Gasteiger charge is 2.87. The van der Waals surface area contributed by atoms with Gasteiger partial charge in [0.15, 0.2) is 5.82 Å². The maximum absolute atomic E-state index is 13.6. The third kappa shape index (κ3) is 10.4. The van der Waals surface area contributed by atoms with Crippen molar-refractivity contribution in [3.63, 3.8) is 0 Å². The molecule has 0 radical (unpaired) electrons. The average molecular weight is 667 g/mol. The molecule has 256 valence electrons. The van der Waals surface area contributed by atoms with Gasteiger partial charge in [-0.25, -0.2) is 9.97 Å². The molecule has 45 heavy (non-hydrogen) atoms. The predicted molar refractivity (Wildman–Crippen MR) is 145 cm³/mol. The number of aromatic nitrogens is 2. The van der Waals surface area contributed by atoms with E-state index in [2.05, 4.69) is 21.6 Å². The van der Waals surface area contributed by atoms with E-state index in [0.717, 1.165) is 24.0 Å². The normalized spacial score (nSPS) is 13.3. The molecule has 1 aromatic carbocycles. The van der Waals surface area contributed by atoms with Crippen LogP contribution in [0.15, 0.2) is 36.7 Å². The Hall–Kier alpha value is -2.71. The van der Waals surface area contributed by atoms with Crippen molar-refractivity contribution >= 4 is 0 Å². The highest BCUT2D eigenvalue weighted by Crippen LogP contribution is 2.57. The highest BCUT2D eigenvalue weighted by molar-refractivity contribution is 5.55. The van der Waals surface area contributed by atoms with Gasteiger partial charge in [0.05, 0.1) is 6.61 Å². The molecular formula is C30H37F11N2O2. The Labute approximate surface area is 254 Å². The van der Waals surface area contributed by atoms with E-state index in [0.29, 0.717) is 30.8 Å². The van der Waals surface area contributed by atoms with Crippen molar-refractivity contribution in [2.75, 3.05) is 19.8 Å². The Kier molecular flexibility index (Phi) is 14.3. The van der Waals surface area contributed by atoms with Gasteiger partial charge in [0, 0.05) is 24.6 Å². The van der Waals surface area contributed by atoms with Crippen molar-refractivity contribution in [3.05, 3.63) is 42.2 Å². The number of benzene rings is 1. The largest absolute Gasteiger partial charge is 0.494 e. The summed E-state index contributed by atoms with van der Waals surface area (Å²) in [6.45, 7) is -0.658.